The zero-order chi connectivity index (χ0) is 15.8. The van der Waals surface area contributed by atoms with Crippen LogP contribution in [0.3, 0.4) is 0 Å². The number of nitrogens with zero attached hydrogens (tertiary/aromatic N) is 3. The maximum Gasteiger partial charge on any atom is 0.130 e. The Morgan fingerprint density at radius 3 is 2.91 bits per heavy atom. The molecule has 2 N–H and O–H groups in total. The maximum absolute atomic E-state index is 6.72. The molecule has 0 fully saturated rings. The molecule has 23 heavy (non-hydrogen) atoms. The fourth-order valence-electron chi connectivity index (χ4n) is 3.76. The average Bonchev–Trinajstić information content (AvgIpc) is 3.07. The molecule has 0 aliphatic heterocycles. The molecule has 0 spiro atoms. The first-order valence-electron chi connectivity index (χ1n) is 8.46. The first-order valence-corrected chi connectivity index (χ1v) is 8.46. The van der Waals surface area contributed by atoms with Gasteiger partial charge in [0.25, 0.3) is 0 Å². The molecular formula is C19H22N4. The van der Waals surface area contributed by atoms with Crippen LogP contribution in [0.1, 0.15) is 48.5 Å². The summed E-state index contributed by atoms with van der Waals surface area (Å²) in [6, 6.07) is 8.15. The van der Waals surface area contributed by atoms with Gasteiger partial charge in [-0.05, 0) is 49.8 Å². The highest BCUT2D eigenvalue weighted by molar-refractivity contribution is 5.84. The second-order valence-corrected chi connectivity index (χ2v) is 6.22. The number of rotatable bonds is 3. The van der Waals surface area contributed by atoms with Crippen molar-refractivity contribution >= 4 is 10.9 Å². The molecule has 4 heteroatoms. The minimum Gasteiger partial charge on any atom is -0.334 e. The van der Waals surface area contributed by atoms with Gasteiger partial charge in [0, 0.05) is 30.0 Å². The summed E-state index contributed by atoms with van der Waals surface area (Å²) in [5, 5.41) is 1.17. The lowest BCUT2D eigenvalue weighted by Gasteiger charge is -2.24. The molecule has 1 aliphatic rings. The number of para-hydroxylation sites is 1. The van der Waals surface area contributed by atoms with Gasteiger partial charge in [-0.2, -0.15) is 0 Å². The Kier molecular flexibility index (Phi) is 3.62. The van der Waals surface area contributed by atoms with E-state index in [2.05, 4.69) is 34.7 Å². The Bertz CT molecular complexity index is 850. The lowest BCUT2D eigenvalue weighted by Crippen LogP contribution is -2.22. The van der Waals surface area contributed by atoms with Crippen LogP contribution >= 0.6 is 0 Å². The fraction of sp³-hybridized carbons (Fsp3) is 0.368. The summed E-state index contributed by atoms with van der Waals surface area (Å²) in [6.07, 6.45) is 8.41. The van der Waals surface area contributed by atoms with Gasteiger partial charge in [-0.15, -0.1) is 0 Å². The molecule has 0 saturated heterocycles. The van der Waals surface area contributed by atoms with Crippen molar-refractivity contribution in [2.24, 2.45) is 5.73 Å². The Morgan fingerprint density at radius 2 is 2.04 bits per heavy atom. The molecule has 4 nitrogen and oxygen atoms in total. The standard InChI is InChI=1S/C19H22N4/c1-2-23-12-11-21-19(23)18(20)17-13-7-3-5-9-15(13)22-16-10-6-4-8-14(16)17/h3,5,7,9,11-12,18H,2,4,6,8,10,20H2,1H3. The smallest absolute Gasteiger partial charge is 0.130 e. The quantitative estimate of drug-likeness (QED) is 0.807. The highest BCUT2D eigenvalue weighted by atomic mass is 15.1. The van der Waals surface area contributed by atoms with E-state index >= 15 is 0 Å². The van der Waals surface area contributed by atoms with Gasteiger partial charge >= 0.3 is 0 Å². The van der Waals surface area contributed by atoms with Crippen LogP contribution in [0.4, 0.5) is 0 Å². The summed E-state index contributed by atoms with van der Waals surface area (Å²) in [4.78, 5) is 9.44. The Balaban J connectivity index is 1.97. The van der Waals surface area contributed by atoms with E-state index in [0.717, 1.165) is 30.7 Å². The van der Waals surface area contributed by atoms with Gasteiger partial charge < -0.3 is 10.3 Å². The SMILES string of the molecule is CCn1ccnc1C(N)c1c2c(nc3ccccc13)CCCC2. The third kappa shape index (κ3) is 2.34. The van der Waals surface area contributed by atoms with Gasteiger partial charge in [-0.1, -0.05) is 18.2 Å². The summed E-state index contributed by atoms with van der Waals surface area (Å²) < 4.78 is 2.13. The highest BCUT2D eigenvalue weighted by Gasteiger charge is 2.24. The molecule has 1 aliphatic carbocycles. The van der Waals surface area contributed by atoms with E-state index in [0.29, 0.717) is 0 Å². The second-order valence-electron chi connectivity index (χ2n) is 6.22. The maximum atomic E-state index is 6.72. The van der Waals surface area contributed by atoms with E-state index in [1.54, 1.807) is 0 Å². The fourth-order valence-corrected chi connectivity index (χ4v) is 3.76. The lowest BCUT2D eigenvalue weighted by atomic mass is 9.86. The van der Waals surface area contributed by atoms with Gasteiger partial charge in [0.1, 0.15) is 5.82 Å². The molecule has 2 aromatic heterocycles. The zero-order valence-electron chi connectivity index (χ0n) is 13.5. The van der Waals surface area contributed by atoms with Crippen molar-refractivity contribution < 1.29 is 0 Å². The third-order valence-electron chi connectivity index (χ3n) is 4.89. The van der Waals surface area contributed by atoms with Crippen molar-refractivity contribution in [3.8, 4) is 0 Å². The largest absolute Gasteiger partial charge is 0.334 e. The molecule has 0 radical (unpaired) electrons. The van der Waals surface area contributed by atoms with E-state index in [1.807, 2.05) is 18.5 Å². The molecule has 2 heterocycles. The number of imidazole rings is 1. The number of aromatic nitrogens is 3. The summed E-state index contributed by atoms with van der Waals surface area (Å²) >= 11 is 0. The number of pyridine rings is 1. The molecule has 0 saturated carbocycles. The first-order chi connectivity index (χ1) is 11.3. The average molecular weight is 306 g/mol. The van der Waals surface area contributed by atoms with Crippen molar-refractivity contribution in [1.82, 2.24) is 14.5 Å². The van der Waals surface area contributed by atoms with Crippen molar-refractivity contribution in [3.63, 3.8) is 0 Å². The Morgan fingerprint density at radius 1 is 1.22 bits per heavy atom. The normalized spacial score (nSPS) is 15.6. The second kappa shape index (κ2) is 5.78. The monoisotopic (exact) mass is 306 g/mol. The lowest BCUT2D eigenvalue weighted by molar-refractivity contribution is 0.632. The van der Waals surface area contributed by atoms with Crippen molar-refractivity contribution in [3.05, 3.63) is 59.3 Å². The van der Waals surface area contributed by atoms with E-state index in [9.17, 15) is 0 Å². The predicted octanol–water partition coefficient (Wildman–Crippen LogP) is 3.38. The third-order valence-corrected chi connectivity index (χ3v) is 4.89. The molecular weight excluding hydrogens is 284 g/mol. The van der Waals surface area contributed by atoms with E-state index < -0.39 is 0 Å². The Labute approximate surface area is 136 Å². The summed E-state index contributed by atoms with van der Waals surface area (Å²) in [5.41, 5.74) is 11.6. The van der Waals surface area contributed by atoms with E-state index in [4.69, 9.17) is 10.7 Å². The topological polar surface area (TPSA) is 56.7 Å². The molecule has 1 unspecified atom stereocenters. The van der Waals surface area contributed by atoms with Crippen LogP contribution in [0.25, 0.3) is 10.9 Å². The van der Waals surface area contributed by atoms with Gasteiger partial charge in [0.15, 0.2) is 0 Å². The van der Waals surface area contributed by atoms with Crippen LogP contribution in [0.5, 0.6) is 0 Å². The van der Waals surface area contributed by atoms with E-state index in [-0.39, 0.29) is 6.04 Å². The minimum atomic E-state index is -0.204. The van der Waals surface area contributed by atoms with Gasteiger partial charge in [0.2, 0.25) is 0 Å². The van der Waals surface area contributed by atoms with Crippen LogP contribution in [0.2, 0.25) is 0 Å². The highest BCUT2D eigenvalue weighted by Crippen LogP contribution is 2.34. The van der Waals surface area contributed by atoms with Gasteiger partial charge in [0.05, 0.1) is 11.6 Å². The minimum absolute atomic E-state index is 0.204. The van der Waals surface area contributed by atoms with Crippen LogP contribution in [0.15, 0.2) is 36.7 Å². The number of nitrogens with two attached hydrogens (primary N) is 1. The molecule has 1 aromatic carbocycles. The van der Waals surface area contributed by atoms with Crippen LogP contribution in [0, 0.1) is 0 Å². The zero-order valence-corrected chi connectivity index (χ0v) is 13.5. The van der Waals surface area contributed by atoms with Crippen molar-refractivity contribution in [2.45, 2.75) is 45.2 Å². The Hall–Kier alpha value is -2.20. The number of benzene rings is 1. The summed E-state index contributed by atoms with van der Waals surface area (Å²) in [7, 11) is 0. The van der Waals surface area contributed by atoms with Gasteiger partial charge in [-0.3, -0.25) is 4.98 Å². The molecule has 0 bridgehead atoms. The van der Waals surface area contributed by atoms with Crippen molar-refractivity contribution in [2.75, 3.05) is 0 Å². The van der Waals surface area contributed by atoms with Crippen LogP contribution in [-0.2, 0) is 19.4 Å². The van der Waals surface area contributed by atoms with Gasteiger partial charge in [-0.25, -0.2) is 4.98 Å². The molecule has 118 valence electrons. The van der Waals surface area contributed by atoms with Crippen molar-refractivity contribution in [1.29, 1.82) is 0 Å². The van der Waals surface area contributed by atoms with Crippen LogP contribution < -0.4 is 5.73 Å². The molecule has 4 rings (SSSR count). The number of hydrogen-bond acceptors (Lipinski definition) is 3. The molecule has 0 amide bonds. The molecule has 1 atom stereocenters. The number of hydrogen-bond donors (Lipinski definition) is 1. The first kappa shape index (κ1) is 14.4. The number of aryl methyl sites for hydroxylation is 2. The number of fused-ring (bicyclic) bond motifs is 2. The predicted molar refractivity (Wildman–Crippen MR) is 92.3 cm³/mol. The summed E-state index contributed by atoms with van der Waals surface area (Å²) in [6.45, 7) is 3.01. The van der Waals surface area contributed by atoms with Crippen LogP contribution in [-0.4, -0.2) is 14.5 Å². The summed E-state index contributed by atoms with van der Waals surface area (Å²) in [5.74, 6) is 0.941. The van der Waals surface area contributed by atoms with E-state index in [1.165, 1.54) is 35.0 Å². The molecule has 3 aromatic rings.